The number of benzene rings is 2. The molecule has 0 spiro atoms. The van der Waals surface area contributed by atoms with Crippen molar-refractivity contribution in [2.75, 3.05) is 25.0 Å². The maximum Gasteiger partial charge on any atom is 0.339 e. The van der Waals surface area contributed by atoms with Crippen LogP contribution in [0.25, 0.3) is 0 Å². The average molecular weight is 459 g/mol. The van der Waals surface area contributed by atoms with Gasteiger partial charge in [-0.3, -0.25) is 4.79 Å². The van der Waals surface area contributed by atoms with E-state index in [-0.39, 0.29) is 17.1 Å². The standard InChI is InChI=1S/C23H26N2O6S/c1-2-30-19-11-10-17(15-21(19)32(28,29)25-12-6-3-7-13-25)24-22(26)20-14-16-8-4-5-9-18(16)23(27)31-20/h4-5,8-11,15,20H,2-3,6-7,12-14H2,1H3,(H,24,26)/t20-/m1/s1. The van der Waals surface area contributed by atoms with Crippen LogP contribution in [0.15, 0.2) is 47.4 Å². The summed E-state index contributed by atoms with van der Waals surface area (Å²) in [5, 5.41) is 2.69. The molecule has 0 bridgehead atoms. The molecule has 0 aliphatic carbocycles. The van der Waals surface area contributed by atoms with Crippen LogP contribution in [0.3, 0.4) is 0 Å². The zero-order valence-corrected chi connectivity index (χ0v) is 18.7. The van der Waals surface area contributed by atoms with Gasteiger partial charge in [0.15, 0.2) is 6.10 Å². The van der Waals surface area contributed by atoms with Gasteiger partial charge in [-0.05, 0) is 49.6 Å². The smallest absolute Gasteiger partial charge is 0.339 e. The molecule has 1 atom stereocenters. The predicted octanol–water partition coefficient (Wildman–Crippen LogP) is 2.98. The molecule has 1 amide bonds. The molecule has 9 heteroatoms. The van der Waals surface area contributed by atoms with E-state index in [2.05, 4.69) is 5.32 Å². The minimum atomic E-state index is -3.78. The lowest BCUT2D eigenvalue weighted by Gasteiger charge is -2.27. The van der Waals surface area contributed by atoms with Crippen LogP contribution in [0, 0.1) is 0 Å². The summed E-state index contributed by atoms with van der Waals surface area (Å²) < 4.78 is 38.8. The van der Waals surface area contributed by atoms with Gasteiger partial charge in [0, 0.05) is 25.2 Å². The van der Waals surface area contributed by atoms with Crippen LogP contribution in [-0.4, -0.2) is 50.4 Å². The molecule has 8 nitrogen and oxygen atoms in total. The Morgan fingerprint density at radius 1 is 1.16 bits per heavy atom. The van der Waals surface area contributed by atoms with Crippen LogP contribution in [0.4, 0.5) is 5.69 Å². The van der Waals surface area contributed by atoms with Gasteiger partial charge in [-0.2, -0.15) is 4.31 Å². The number of piperidine rings is 1. The highest BCUT2D eigenvalue weighted by Crippen LogP contribution is 2.32. The summed E-state index contributed by atoms with van der Waals surface area (Å²) in [4.78, 5) is 25.1. The molecule has 2 aliphatic rings. The molecular weight excluding hydrogens is 432 g/mol. The molecule has 0 saturated carbocycles. The van der Waals surface area contributed by atoms with Gasteiger partial charge in [0.05, 0.1) is 12.2 Å². The second kappa shape index (κ2) is 9.30. The lowest BCUT2D eigenvalue weighted by Crippen LogP contribution is -2.38. The van der Waals surface area contributed by atoms with Crippen molar-refractivity contribution in [3.05, 3.63) is 53.6 Å². The number of cyclic esters (lactones) is 1. The van der Waals surface area contributed by atoms with Crippen molar-refractivity contribution in [2.45, 2.75) is 43.6 Å². The molecule has 2 aromatic carbocycles. The molecule has 0 aromatic heterocycles. The summed E-state index contributed by atoms with van der Waals surface area (Å²) in [7, 11) is -3.78. The number of hydrogen-bond acceptors (Lipinski definition) is 6. The van der Waals surface area contributed by atoms with Crippen molar-refractivity contribution >= 4 is 27.6 Å². The minimum Gasteiger partial charge on any atom is -0.492 e. The molecule has 32 heavy (non-hydrogen) atoms. The van der Waals surface area contributed by atoms with Crippen molar-refractivity contribution in [1.29, 1.82) is 0 Å². The highest BCUT2D eigenvalue weighted by Gasteiger charge is 2.32. The fourth-order valence-electron chi connectivity index (χ4n) is 4.01. The molecular formula is C23H26N2O6S. The number of carbonyl (C=O) groups excluding carboxylic acids is 2. The van der Waals surface area contributed by atoms with Gasteiger partial charge in [-0.1, -0.05) is 24.6 Å². The van der Waals surface area contributed by atoms with Gasteiger partial charge in [0.1, 0.15) is 10.6 Å². The van der Waals surface area contributed by atoms with Crippen molar-refractivity contribution in [3.8, 4) is 5.75 Å². The van der Waals surface area contributed by atoms with E-state index >= 15 is 0 Å². The van der Waals surface area contributed by atoms with Crippen LogP contribution >= 0.6 is 0 Å². The highest BCUT2D eigenvalue weighted by molar-refractivity contribution is 7.89. The van der Waals surface area contributed by atoms with Gasteiger partial charge in [-0.15, -0.1) is 0 Å². The monoisotopic (exact) mass is 458 g/mol. The minimum absolute atomic E-state index is 0.0186. The van der Waals surface area contributed by atoms with Gasteiger partial charge in [0.25, 0.3) is 5.91 Å². The van der Waals surface area contributed by atoms with Crippen LogP contribution < -0.4 is 10.1 Å². The highest BCUT2D eigenvalue weighted by atomic mass is 32.2. The zero-order valence-electron chi connectivity index (χ0n) is 17.9. The average Bonchev–Trinajstić information content (AvgIpc) is 2.80. The first-order valence-electron chi connectivity index (χ1n) is 10.8. The first kappa shape index (κ1) is 22.3. The van der Waals surface area contributed by atoms with Gasteiger partial charge in [0.2, 0.25) is 10.0 Å². The number of fused-ring (bicyclic) bond motifs is 1. The molecule has 0 radical (unpaired) electrons. The zero-order chi connectivity index (χ0) is 22.7. The van der Waals surface area contributed by atoms with Crippen LogP contribution in [-0.2, 0) is 26.0 Å². The first-order chi connectivity index (χ1) is 15.4. The number of ether oxygens (including phenoxy) is 2. The quantitative estimate of drug-likeness (QED) is 0.668. The van der Waals surface area contributed by atoms with E-state index in [1.54, 1.807) is 37.3 Å². The van der Waals surface area contributed by atoms with Crippen molar-refractivity contribution < 1.29 is 27.5 Å². The number of amides is 1. The Bertz CT molecular complexity index is 1130. The largest absolute Gasteiger partial charge is 0.492 e. The summed E-state index contributed by atoms with van der Waals surface area (Å²) in [6.07, 6.45) is 1.89. The number of carbonyl (C=O) groups is 2. The molecule has 2 aromatic rings. The van der Waals surface area contributed by atoms with Crippen LogP contribution in [0.2, 0.25) is 0 Å². The summed E-state index contributed by atoms with van der Waals surface area (Å²) in [5.74, 6) is -0.820. The molecule has 0 unspecified atom stereocenters. The number of rotatable bonds is 6. The number of hydrogen-bond donors (Lipinski definition) is 1. The third kappa shape index (κ3) is 4.49. The normalized spacial score (nSPS) is 19.0. The Kier molecular flexibility index (Phi) is 6.48. The summed E-state index contributed by atoms with van der Waals surface area (Å²) in [6, 6.07) is 11.5. The third-order valence-corrected chi connectivity index (χ3v) is 7.55. The van der Waals surface area contributed by atoms with Crippen molar-refractivity contribution in [2.24, 2.45) is 0 Å². The Morgan fingerprint density at radius 2 is 1.91 bits per heavy atom. The Labute approximate surface area is 187 Å². The maximum atomic E-state index is 13.3. The topological polar surface area (TPSA) is 102 Å². The Hall–Kier alpha value is -2.91. The molecule has 170 valence electrons. The first-order valence-corrected chi connectivity index (χ1v) is 12.2. The molecule has 4 rings (SSSR count). The number of esters is 1. The fourth-order valence-corrected chi connectivity index (χ4v) is 5.68. The molecule has 2 aliphatic heterocycles. The van der Waals surface area contributed by atoms with Crippen LogP contribution in [0.5, 0.6) is 5.75 Å². The molecule has 1 fully saturated rings. The van der Waals surface area contributed by atoms with Gasteiger partial charge in [-0.25, -0.2) is 13.2 Å². The number of sulfonamides is 1. The second-order valence-corrected chi connectivity index (χ2v) is 9.71. The molecule has 1 saturated heterocycles. The van der Waals surface area contributed by atoms with E-state index in [0.717, 1.165) is 24.8 Å². The summed E-state index contributed by atoms with van der Waals surface area (Å²) >= 11 is 0. The van der Waals surface area contributed by atoms with Gasteiger partial charge >= 0.3 is 5.97 Å². The Balaban J connectivity index is 1.57. The van der Waals surface area contributed by atoms with Crippen molar-refractivity contribution in [3.63, 3.8) is 0 Å². The SMILES string of the molecule is CCOc1ccc(NC(=O)[C@H]2Cc3ccccc3C(=O)O2)cc1S(=O)(=O)N1CCCCC1. The van der Waals surface area contributed by atoms with Crippen molar-refractivity contribution in [1.82, 2.24) is 4.31 Å². The third-order valence-electron chi connectivity index (χ3n) is 5.63. The van der Waals surface area contributed by atoms with E-state index in [9.17, 15) is 18.0 Å². The Morgan fingerprint density at radius 3 is 2.66 bits per heavy atom. The van der Waals surface area contributed by atoms with Crippen LogP contribution in [0.1, 0.15) is 42.1 Å². The summed E-state index contributed by atoms with van der Waals surface area (Å²) in [5.41, 5.74) is 1.49. The number of nitrogens with zero attached hydrogens (tertiary/aromatic N) is 1. The van der Waals surface area contributed by atoms with Gasteiger partial charge < -0.3 is 14.8 Å². The van der Waals surface area contributed by atoms with E-state index < -0.39 is 28.0 Å². The van der Waals surface area contributed by atoms with E-state index in [0.29, 0.717) is 30.9 Å². The fraction of sp³-hybridized carbons (Fsp3) is 0.391. The number of anilines is 1. The summed E-state index contributed by atoms with van der Waals surface area (Å²) in [6.45, 7) is 3.01. The van der Waals surface area contributed by atoms with E-state index in [1.807, 2.05) is 0 Å². The van der Waals surface area contributed by atoms with E-state index in [1.165, 1.54) is 16.4 Å². The maximum absolute atomic E-state index is 13.3. The lowest BCUT2D eigenvalue weighted by atomic mass is 9.98. The van der Waals surface area contributed by atoms with E-state index in [4.69, 9.17) is 9.47 Å². The second-order valence-electron chi connectivity index (χ2n) is 7.80. The lowest BCUT2D eigenvalue weighted by molar-refractivity contribution is -0.125. The predicted molar refractivity (Wildman–Crippen MR) is 118 cm³/mol. The molecule has 1 N–H and O–H groups in total. The molecule has 2 heterocycles. The number of nitrogens with one attached hydrogen (secondary N) is 1.